The Balaban J connectivity index is 2.37. The van der Waals surface area contributed by atoms with Crippen molar-refractivity contribution in [3.8, 4) is 0 Å². The van der Waals surface area contributed by atoms with Gasteiger partial charge in [0.05, 0.1) is 6.54 Å². The molecule has 0 atom stereocenters. The average Bonchev–Trinajstić information content (AvgIpc) is 2.51. The first-order valence-corrected chi connectivity index (χ1v) is 8.18. The zero-order chi connectivity index (χ0) is 17.0. The van der Waals surface area contributed by atoms with E-state index in [9.17, 15) is 14.3 Å². The first-order chi connectivity index (χ1) is 10.9. The van der Waals surface area contributed by atoms with E-state index in [1.54, 1.807) is 36.0 Å². The molecule has 0 spiro atoms. The molecule has 0 aromatic heterocycles. The lowest BCUT2D eigenvalue weighted by Crippen LogP contribution is -2.28. The van der Waals surface area contributed by atoms with Crippen LogP contribution in [0.1, 0.15) is 18.1 Å². The summed E-state index contributed by atoms with van der Waals surface area (Å²) in [6.07, 6.45) is -1.06. The van der Waals surface area contributed by atoms with Crippen LogP contribution in [0.25, 0.3) is 0 Å². The van der Waals surface area contributed by atoms with E-state index in [1.807, 2.05) is 13.8 Å². The minimum atomic E-state index is -1.06. The Morgan fingerprint density at radius 1 is 1.30 bits per heavy atom. The molecule has 0 radical (unpaired) electrons. The van der Waals surface area contributed by atoms with Gasteiger partial charge in [0.1, 0.15) is 5.82 Å². The number of thioether (sulfide) groups is 1. The van der Waals surface area contributed by atoms with Crippen LogP contribution in [-0.2, 0) is 6.54 Å². The van der Waals surface area contributed by atoms with Crippen molar-refractivity contribution in [1.29, 1.82) is 0 Å². The molecular weight excluding hydrogens is 315 g/mol. The van der Waals surface area contributed by atoms with Crippen LogP contribution in [0.15, 0.2) is 41.3 Å². The highest BCUT2D eigenvalue weighted by atomic mass is 32.2. The molecule has 2 aromatic carbocycles. The monoisotopic (exact) mass is 334 g/mol. The van der Waals surface area contributed by atoms with Crippen molar-refractivity contribution in [2.24, 2.45) is 0 Å². The van der Waals surface area contributed by atoms with Gasteiger partial charge in [-0.1, -0.05) is 19.1 Å². The summed E-state index contributed by atoms with van der Waals surface area (Å²) in [5.74, 6) is 0.499. The van der Waals surface area contributed by atoms with Gasteiger partial charge in [0.2, 0.25) is 0 Å². The smallest absolute Gasteiger partial charge is 0.412 e. The van der Waals surface area contributed by atoms with Crippen LogP contribution >= 0.6 is 11.8 Å². The number of benzene rings is 2. The Morgan fingerprint density at radius 2 is 1.96 bits per heavy atom. The molecule has 1 amide bonds. The molecule has 0 unspecified atom stereocenters. The number of aryl methyl sites for hydroxylation is 1. The van der Waals surface area contributed by atoms with Crippen LogP contribution in [0.5, 0.6) is 0 Å². The number of carboxylic acid groups (broad SMARTS) is 1. The maximum absolute atomic E-state index is 13.0. The first kappa shape index (κ1) is 17.1. The molecule has 4 nitrogen and oxygen atoms in total. The highest BCUT2D eigenvalue weighted by molar-refractivity contribution is 7.99. The molecule has 0 saturated carbocycles. The minimum Gasteiger partial charge on any atom is -0.465 e. The average molecular weight is 334 g/mol. The number of halogens is 1. The van der Waals surface area contributed by atoms with Gasteiger partial charge in [0.15, 0.2) is 0 Å². The molecular formula is C17H19FN2O2S. The van der Waals surface area contributed by atoms with Crippen molar-refractivity contribution in [2.45, 2.75) is 25.3 Å². The molecule has 122 valence electrons. The van der Waals surface area contributed by atoms with Gasteiger partial charge in [-0.3, -0.25) is 4.90 Å². The Kier molecular flexibility index (Phi) is 5.50. The Bertz CT molecular complexity index is 704. The summed E-state index contributed by atoms with van der Waals surface area (Å²) in [5.41, 5.74) is 8.84. The van der Waals surface area contributed by atoms with E-state index in [-0.39, 0.29) is 12.4 Å². The fraction of sp³-hybridized carbons (Fsp3) is 0.235. The third-order valence-corrected chi connectivity index (χ3v) is 4.37. The van der Waals surface area contributed by atoms with Gasteiger partial charge in [0.25, 0.3) is 0 Å². The quantitative estimate of drug-likeness (QED) is 0.623. The molecule has 0 aliphatic heterocycles. The second-order valence-corrected chi connectivity index (χ2v) is 6.41. The molecule has 0 saturated heterocycles. The number of amides is 1. The fourth-order valence-corrected chi connectivity index (χ4v) is 3.05. The van der Waals surface area contributed by atoms with Crippen LogP contribution < -0.4 is 10.6 Å². The van der Waals surface area contributed by atoms with Crippen LogP contribution in [0.4, 0.5) is 20.6 Å². The van der Waals surface area contributed by atoms with Gasteiger partial charge in [-0.25, -0.2) is 9.18 Å². The van der Waals surface area contributed by atoms with E-state index < -0.39 is 6.09 Å². The lowest BCUT2D eigenvalue weighted by molar-refractivity contribution is 0.201. The van der Waals surface area contributed by atoms with Gasteiger partial charge in [0, 0.05) is 16.3 Å². The maximum atomic E-state index is 13.0. The highest BCUT2D eigenvalue weighted by Crippen LogP contribution is 2.33. The molecule has 0 aliphatic carbocycles. The van der Waals surface area contributed by atoms with Crippen molar-refractivity contribution in [3.63, 3.8) is 0 Å². The van der Waals surface area contributed by atoms with Crippen molar-refractivity contribution in [2.75, 3.05) is 16.4 Å². The summed E-state index contributed by atoms with van der Waals surface area (Å²) in [7, 11) is 0. The number of carbonyl (C=O) groups is 1. The SMILES string of the molecule is CCSc1cc(N(Cc2ccc(F)cc2)C(=O)O)cc(C)c1N. The first-order valence-electron chi connectivity index (χ1n) is 7.20. The van der Waals surface area contributed by atoms with Gasteiger partial charge in [-0.05, 0) is 48.1 Å². The van der Waals surface area contributed by atoms with Crippen LogP contribution in [0, 0.1) is 12.7 Å². The summed E-state index contributed by atoms with van der Waals surface area (Å²) < 4.78 is 13.0. The molecule has 0 bridgehead atoms. The topological polar surface area (TPSA) is 66.6 Å². The molecule has 0 aliphatic rings. The Morgan fingerprint density at radius 3 is 2.52 bits per heavy atom. The summed E-state index contributed by atoms with van der Waals surface area (Å²) >= 11 is 1.57. The maximum Gasteiger partial charge on any atom is 0.412 e. The lowest BCUT2D eigenvalue weighted by Gasteiger charge is -2.22. The van der Waals surface area contributed by atoms with Crippen LogP contribution in [0.2, 0.25) is 0 Å². The van der Waals surface area contributed by atoms with E-state index in [2.05, 4.69) is 0 Å². The van der Waals surface area contributed by atoms with Gasteiger partial charge < -0.3 is 10.8 Å². The standard InChI is InChI=1S/C17H19FN2O2S/c1-3-23-15-9-14(8-11(2)16(15)19)20(17(21)22)10-12-4-6-13(18)7-5-12/h4-9H,3,10,19H2,1-2H3,(H,21,22). The third-order valence-electron chi connectivity index (χ3n) is 3.43. The van der Waals surface area contributed by atoms with E-state index in [0.717, 1.165) is 16.2 Å². The Labute approximate surface area is 139 Å². The zero-order valence-corrected chi connectivity index (χ0v) is 13.9. The van der Waals surface area contributed by atoms with Crippen molar-refractivity contribution < 1.29 is 14.3 Å². The normalized spacial score (nSPS) is 10.6. The fourth-order valence-electron chi connectivity index (χ4n) is 2.22. The predicted octanol–water partition coefficient (Wildman–Crippen LogP) is 4.51. The largest absolute Gasteiger partial charge is 0.465 e. The summed E-state index contributed by atoms with van der Waals surface area (Å²) in [6, 6.07) is 9.35. The Hall–Kier alpha value is -2.21. The number of nitrogens with zero attached hydrogens (tertiary/aromatic N) is 1. The number of hydrogen-bond donors (Lipinski definition) is 2. The zero-order valence-electron chi connectivity index (χ0n) is 13.0. The lowest BCUT2D eigenvalue weighted by atomic mass is 10.1. The summed E-state index contributed by atoms with van der Waals surface area (Å²) in [5, 5.41) is 9.54. The molecule has 0 heterocycles. The number of nitrogens with two attached hydrogens (primary N) is 1. The van der Waals surface area contributed by atoms with Crippen LogP contribution in [0.3, 0.4) is 0 Å². The van der Waals surface area contributed by atoms with Crippen molar-refractivity contribution >= 4 is 29.2 Å². The second kappa shape index (κ2) is 7.37. The van der Waals surface area contributed by atoms with E-state index in [1.165, 1.54) is 17.0 Å². The highest BCUT2D eigenvalue weighted by Gasteiger charge is 2.17. The number of nitrogen functional groups attached to an aromatic ring is 1. The minimum absolute atomic E-state index is 0.148. The van der Waals surface area contributed by atoms with Crippen molar-refractivity contribution in [1.82, 2.24) is 0 Å². The number of hydrogen-bond acceptors (Lipinski definition) is 3. The molecule has 23 heavy (non-hydrogen) atoms. The van der Waals surface area contributed by atoms with E-state index in [4.69, 9.17) is 5.73 Å². The van der Waals surface area contributed by atoms with Gasteiger partial charge >= 0.3 is 6.09 Å². The molecule has 2 rings (SSSR count). The third kappa shape index (κ3) is 4.16. The van der Waals surface area contributed by atoms with Gasteiger partial charge in [-0.2, -0.15) is 0 Å². The van der Waals surface area contributed by atoms with E-state index in [0.29, 0.717) is 16.9 Å². The molecule has 3 N–H and O–H groups in total. The molecule has 0 fully saturated rings. The number of anilines is 2. The van der Waals surface area contributed by atoms with Gasteiger partial charge in [-0.15, -0.1) is 11.8 Å². The second-order valence-electron chi connectivity index (χ2n) is 5.10. The summed E-state index contributed by atoms with van der Waals surface area (Å²) in [6.45, 7) is 4.02. The predicted molar refractivity (Wildman–Crippen MR) is 92.6 cm³/mol. The van der Waals surface area contributed by atoms with Crippen LogP contribution in [-0.4, -0.2) is 17.0 Å². The van der Waals surface area contributed by atoms with Crippen molar-refractivity contribution in [3.05, 3.63) is 53.3 Å². The molecule has 2 aromatic rings. The molecule has 6 heteroatoms. The van der Waals surface area contributed by atoms with E-state index >= 15 is 0 Å². The summed E-state index contributed by atoms with van der Waals surface area (Å²) in [4.78, 5) is 13.8. The number of rotatable bonds is 5.